The van der Waals surface area contributed by atoms with Crippen LogP contribution in [0.2, 0.25) is 0 Å². The summed E-state index contributed by atoms with van der Waals surface area (Å²) in [5, 5.41) is 4.05. The molecule has 3 heterocycles. The van der Waals surface area contributed by atoms with Gasteiger partial charge in [-0.3, -0.25) is 14.3 Å². The molecular weight excluding hydrogens is 534 g/mol. The van der Waals surface area contributed by atoms with Gasteiger partial charge in [0.2, 0.25) is 0 Å². The molecule has 0 saturated carbocycles. The van der Waals surface area contributed by atoms with Gasteiger partial charge in [-0.15, -0.1) is 0 Å². The first-order valence-corrected chi connectivity index (χ1v) is 13.4. The van der Waals surface area contributed by atoms with Crippen molar-refractivity contribution >= 4 is 0 Å². The first-order valence-electron chi connectivity index (χ1n) is 13.4. The second-order valence-corrected chi connectivity index (χ2v) is 9.87. The molecule has 1 fully saturated rings. The molecule has 11 heteroatoms. The molecule has 0 aliphatic carbocycles. The number of aromatic amines is 1. The lowest BCUT2D eigenvalue weighted by atomic mass is 9.80. The van der Waals surface area contributed by atoms with Crippen LogP contribution in [-0.2, 0) is 15.1 Å². The highest BCUT2D eigenvalue weighted by atomic mass is 16.6. The molecule has 1 aliphatic heterocycles. The van der Waals surface area contributed by atoms with Crippen LogP contribution in [0, 0.1) is 0 Å². The third kappa shape index (κ3) is 4.92. The predicted molar refractivity (Wildman–Crippen MR) is 155 cm³/mol. The van der Waals surface area contributed by atoms with Gasteiger partial charge in [0.25, 0.3) is 5.56 Å². The fourth-order valence-corrected chi connectivity index (χ4v) is 5.70. The Morgan fingerprint density at radius 3 is 2.00 bits per heavy atom. The molecule has 0 spiro atoms. The minimum absolute atomic E-state index is 0.0492. The third-order valence-electron chi connectivity index (χ3n) is 7.52. The number of hydrogen-bond donors (Lipinski definition) is 1. The van der Waals surface area contributed by atoms with Crippen molar-refractivity contribution in [2.45, 2.75) is 30.0 Å². The van der Waals surface area contributed by atoms with Gasteiger partial charge in [-0.1, -0.05) is 96.1 Å². The van der Waals surface area contributed by atoms with Crippen LogP contribution in [0.4, 0.5) is 0 Å². The predicted octanol–water partition coefficient (Wildman–Crippen LogP) is 4.56. The Bertz CT molecular complexity index is 1690. The van der Waals surface area contributed by atoms with Crippen molar-refractivity contribution < 1.29 is 9.47 Å². The number of ether oxygens (including phenoxy) is 2. The lowest BCUT2D eigenvalue weighted by Gasteiger charge is -2.37. The number of H-pyrrole nitrogens is 1. The second kappa shape index (κ2) is 11.7. The van der Waals surface area contributed by atoms with Crippen molar-refractivity contribution in [3.05, 3.63) is 170 Å². The van der Waals surface area contributed by atoms with Crippen LogP contribution in [0.5, 0.6) is 0 Å². The number of benzene rings is 3. The number of nitrogens with one attached hydrogen (secondary N) is 1. The quantitative estimate of drug-likeness (QED) is 0.122. The summed E-state index contributed by atoms with van der Waals surface area (Å²) in [5.41, 5.74) is 10.0. The molecule has 1 N–H and O–H groups in total. The van der Waals surface area contributed by atoms with Crippen LogP contribution in [-0.4, -0.2) is 37.9 Å². The Labute approximate surface area is 240 Å². The monoisotopic (exact) mass is 561 g/mol. The SMILES string of the molecule is [N-]=[N+]=N[C@@H]1[C@H](n2ccnc2)[C@@H](COC(c2ccccc2)(c2ccccc2)c2ccccc2)O[C@H]1n1ccc(=O)[nH]c1=O. The van der Waals surface area contributed by atoms with E-state index in [4.69, 9.17) is 9.47 Å². The fourth-order valence-electron chi connectivity index (χ4n) is 5.70. The van der Waals surface area contributed by atoms with Crippen molar-refractivity contribution in [2.24, 2.45) is 5.11 Å². The van der Waals surface area contributed by atoms with Gasteiger partial charge in [-0.05, 0) is 22.2 Å². The van der Waals surface area contributed by atoms with Crippen LogP contribution >= 0.6 is 0 Å². The van der Waals surface area contributed by atoms with Gasteiger partial charge in [-0.2, -0.15) is 0 Å². The molecule has 2 aromatic heterocycles. The molecule has 5 aromatic rings. The molecule has 11 nitrogen and oxygen atoms in total. The summed E-state index contributed by atoms with van der Waals surface area (Å²) in [6.07, 6.45) is 4.62. The average molecular weight is 562 g/mol. The standard InChI is InChI=1S/C31H27N7O4/c32-36-35-27-28(37-19-17-33-21-37)25(42-29(27)38-18-16-26(39)34-30(38)40)20-41-31(22-10-4-1-5-11-22,23-12-6-2-7-13-23)24-14-8-3-9-15-24/h1-19,21,25,27-29H,20H2,(H,34,39,40)/t25-,27-,28-,29-/m1/s1. The summed E-state index contributed by atoms with van der Waals surface area (Å²) in [6, 6.07) is 29.6. The van der Waals surface area contributed by atoms with E-state index in [0.29, 0.717) is 0 Å². The fraction of sp³-hybridized carbons (Fsp3) is 0.194. The van der Waals surface area contributed by atoms with E-state index in [-0.39, 0.29) is 6.61 Å². The van der Waals surface area contributed by atoms with E-state index < -0.39 is 41.3 Å². The van der Waals surface area contributed by atoms with Gasteiger partial charge in [0.1, 0.15) is 24.0 Å². The van der Waals surface area contributed by atoms with E-state index in [1.807, 2.05) is 91.0 Å². The smallest absolute Gasteiger partial charge is 0.330 e. The third-order valence-corrected chi connectivity index (χ3v) is 7.52. The maximum Gasteiger partial charge on any atom is 0.330 e. The first-order chi connectivity index (χ1) is 20.6. The van der Waals surface area contributed by atoms with Crippen molar-refractivity contribution in [3.63, 3.8) is 0 Å². The summed E-state index contributed by atoms with van der Waals surface area (Å²) in [7, 11) is 0. The molecule has 42 heavy (non-hydrogen) atoms. The van der Waals surface area contributed by atoms with E-state index in [1.165, 1.54) is 16.8 Å². The lowest BCUT2D eigenvalue weighted by Crippen LogP contribution is -2.38. The highest BCUT2D eigenvalue weighted by Crippen LogP contribution is 2.44. The Morgan fingerprint density at radius 2 is 1.50 bits per heavy atom. The van der Waals surface area contributed by atoms with E-state index in [2.05, 4.69) is 20.0 Å². The molecule has 3 aromatic carbocycles. The van der Waals surface area contributed by atoms with E-state index >= 15 is 0 Å². The second-order valence-electron chi connectivity index (χ2n) is 9.87. The number of azide groups is 1. The Hall–Kier alpha value is -5.22. The van der Waals surface area contributed by atoms with Crippen molar-refractivity contribution in [2.75, 3.05) is 6.61 Å². The molecule has 1 saturated heterocycles. The Kier molecular flexibility index (Phi) is 7.52. The minimum atomic E-state index is -1.02. The van der Waals surface area contributed by atoms with Crippen LogP contribution in [0.3, 0.4) is 0 Å². The molecular formula is C31H27N7O4. The van der Waals surface area contributed by atoms with Crippen LogP contribution in [0.15, 0.2) is 137 Å². The summed E-state index contributed by atoms with van der Waals surface area (Å²) in [6.45, 7) is 0.0492. The minimum Gasteiger partial charge on any atom is -0.358 e. The zero-order chi connectivity index (χ0) is 28.9. The van der Waals surface area contributed by atoms with Crippen LogP contribution in [0.1, 0.15) is 29.0 Å². The number of hydrogen-bond acceptors (Lipinski definition) is 6. The van der Waals surface area contributed by atoms with Gasteiger partial charge < -0.3 is 14.0 Å². The normalized spacial score (nSPS) is 20.2. The molecule has 6 rings (SSSR count). The summed E-state index contributed by atoms with van der Waals surface area (Å²) in [4.78, 5) is 34.1. The zero-order valence-corrected chi connectivity index (χ0v) is 22.4. The van der Waals surface area contributed by atoms with Crippen molar-refractivity contribution in [3.8, 4) is 0 Å². The van der Waals surface area contributed by atoms with Gasteiger partial charge in [-0.25, -0.2) is 9.78 Å². The van der Waals surface area contributed by atoms with E-state index in [9.17, 15) is 15.1 Å². The number of nitrogens with zero attached hydrogens (tertiary/aromatic N) is 6. The van der Waals surface area contributed by atoms with Gasteiger partial charge in [0, 0.05) is 29.6 Å². The van der Waals surface area contributed by atoms with Gasteiger partial charge >= 0.3 is 5.69 Å². The molecule has 4 atom stereocenters. The Morgan fingerprint density at radius 1 is 0.905 bits per heavy atom. The van der Waals surface area contributed by atoms with Crippen molar-refractivity contribution in [1.82, 2.24) is 19.1 Å². The molecule has 0 radical (unpaired) electrons. The maximum absolute atomic E-state index is 12.8. The molecule has 0 amide bonds. The number of rotatable bonds is 9. The van der Waals surface area contributed by atoms with Crippen LogP contribution < -0.4 is 11.2 Å². The number of imidazole rings is 1. The molecule has 1 aliphatic rings. The maximum atomic E-state index is 12.8. The highest BCUT2D eigenvalue weighted by Gasteiger charge is 2.48. The lowest BCUT2D eigenvalue weighted by molar-refractivity contribution is -0.0842. The summed E-state index contributed by atoms with van der Waals surface area (Å²) >= 11 is 0. The number of aromatic nitrogens is 4. The zero-order valence-electron chi connectivity index (χ0n) is 22.4. The molecule has 0 bridgehead atoms. The summed E-state index contributed by atoms with van der Waals surface area (Å²) < 4.78 is 16.5. The van der Waals surface area contributed by atoms with E-state index in [1.54, 1.807) is 23.3 Å². The first kappa shape index (κ1) is 27.0. The largest absolute Gasteiger partial charge is 0.358 e. The highest BCUT2D eigenvalue weighted by molar-refractivity contribution is 5.47. The molecule has 210 valence electrons. The van der Waals surface area contributed by atoms with Crippen molar-refractivity contribution in [1.29, 1.82) is 0 Å². The van der Waals surface area contributed by atoms with Gasteiger partial charge in [0.15, 0.2) is 0 Å². The van der Waals surface area contributed by atoms with Gasteiger partial charge in [0.05, 0.1) is 19.0 Å². The summed E-state index contributed by atoms with van der Waals surface area (Å²) in [5.74, 6) is 0. The molecule has 0 unspecified atom stereocenters. The van der Waals surface area contributed by atoms with Crippen LogP contribution in [0.25, 0.3) is 10.4 Å². The van der Waals surface area contributed by atoms with E-state index in [0.717, 1.165) is 16.7 Å². The average Bonchev–Trinajstić information content (AvgIpc) is 3.68. The Balaban J connectivity index is 1.47. The topological polar surface area (TPSA) is 140 Å².